The van der Waals surface area contributed by atoms with Gasteiger partial charge in [0, 0.05) is 18.3 Å². The average Bonchev–Trinajstić information content (AvgIpc) is 2.66. The number of hydrogen-bond donors (Lipinski definition) is 2. The molecule has 0 saturated carbocycles. The molecule has 6 heteroatoms. The van der Waals surface area contributed by atoms with Crippen LogP contribution in [0.3, 0.4) is 0 Å². The number of benzene rings is 2. The first-order valence-electron chi connectivity index (χ1n) is 9.02. The number of carbonyl (C=O) groups is 1. The Morgan fingerprint density at radius 2 is 1.93 bits per heavy atom. The molecule has 0 heterocycles. The van der Waals surface area contributed by atoms with Gasteiger partial charge >= 0.3 is 0 Å². The molecule has 0 aromatic heterocycles. The van der Waals surface area contributed by atoms with Crippen molar-refractivity contribution < 1.29 is 14.3 Å². The number of halogens is 1. The van der Waals surface area contributed by atoms with Crippen molar-refractivity contribution in [3.05, 3.63) is 52.0 Å². The molecule has 0 spiro atoms. The quantitative estimate of drug-likeness (QED) is 0.601. The van der Waals surface area contributed by atoms with Crippen LogP contribution < -0.4 is 20.1 Å². The van der Waals surface area contributed by atoms with Gasteiger partial charge < -0.3 is 20.1 Å². The smallest absolute Gasteiger partial charge is 0.262 e. The van der Waals surface area contributed by atoms with Gasteiger partial charge in [-0.1, -0.05) is 24.6 Å². The zero-order valence-electron chi connectivity index (χ0n) is 16.3. The lowest BCUT2D eigenvalue weighted by Gasteiger charge is -2.16. The predicted molar refractivity (Wildman–Crippen MR) is 113 cm³/mol. The fourth-order valence-corrected chi connectivity index (χ4v) is 3.03. The molecule has 0 bridgehead atoms. The third-order valence-corrected chi connectivity index (χ3v) is 4.83. The van der Waals surface area contributed by atoms with E-state index in [9.17, 15) is 4.79 Å². The number of nitrogens with one attached hydrogen (secondary N) is 2. The molecule has 0 aliphatic carbocycles. The van der Waals surface area contributed by atoms with Crippen molar-refractivity contribution in [2.45, 2.75) is 39.8 Å². The van der Waals surface area contributed by atoms with Crippen molar-refractivity contribution in [3.63, 3.8) is 0 Å². The van der Waals surface area contributed by atoms with Gasteiger partial charge in [0.15, 0.2) is 18.1 Å². The standard InChI is InChI=1S/C21H27BrN2O3/c1-5-15(3)23-12-16-10-18(22)21(19(11-16)26-4)27-13-20(25)24-17-8-6-14(2)7-9-17/h6-11,15,23H,5,12-13H2,1-4H3,(H,24,25)/t15-/m0/s1. The highest BCUT2D eigenvalue weighted by molar-refractivity contribution is 9.10. The molecular weight excluding hydrogens is 408 g/mol. The fraction of sp³-hybridized carbons (Fsp3) is 0.381. The van der Waals surface area contributed by atoms with Crippen molar-refractivity contribution in [2.75, 3.05) is 19.0 Å². The molecular formula is C21H27BrN2O3. The van der Waals surface area contributed by atoms with Gasteiger partial charge in [0.25, 0.3) is 5.91 Å². The monoisotopic (exact) mass is 434 g/mol. The summed E-state index contributed by atoms with van der Waals surface area (Å²) >= 11 is 3.52. The molecule has 2 aromatic rings. The van der Waals surface area contributed by atoms with E-state index >= 15 is 0 Å². The lowest BCUT2D eigenvalue weighted by atomic mass is 10.1. The second-order valence-corrected chi connectivity index (χ2v) is 7.36. The Bertz CT molecular complexity index is 763. The summed E-state index contributed by atoms with van der Waals surface area (Å²) in [7, 11) is 1.59. The first-order valence-corrected chi connectivity index (χ1v) is 9.81. The number of aryl methyl sites for hydroxylation is 1. The number of anilines is 1. The molecule has 27 heavy (non-hydrogen) atoms. The highest BCUT2D eigenvalue weighted by Gasteiger charge is 2.14. The van der Waals surface area contributed by atoms with Crippen LogP contribution in [0.25, 0.3) is 0 Å². The third-order valence-electron chi connectivity index (χ3n) is 4.24. The minimum Gasteiger partial charge on any atom is -0.493 e. The molecule has 5 nitrogen and oxygen atoms in total. The number of carbonyl (C=O) groups excluding carboxylic acids is 1. The number of ether oxygens (including phenoxy) is 2. The molecule has 2 aromatic carbocycles. The van der Waals surface area contributed by atoms with Gasteiger partial charge in [-0.05, 0) is 66.0 Å². The van der Waals surface area contributed by atoms with Crippen LogP contribution in [0, 0.1) is 6.92 Å². The Kier molecular flexibility index (Phi) is 8.13. The van der Waals surface area contributed by atoms with Gasteiger partial charge in [-0.2, -0.15) is 0 Å². The molecule has 2 rings (SSSR count). The molecule has 0 saturated heterocycles. The lowest BCUT2D eigenvalue weighted by molar-refractivity contribution is -0.118. The fourth-order valence-electron chi connectivity index (χ4n) is 2.42. The Morgan fingerprint density at radius 3 is 2.56 bits per heavy atom. The second kappa shape index (κ2) is 10.3. The molecule has 0 aliphatic rings. The van der Waals surface area contributed by atoms with Gasteiger partial charge in [0.2, 0.25) is 0 Å². The topological polar surface area (TPSA) is 59.6 Å². The molecule has 1 atom stereocenters. The predicted octanol–water partition coefficient (Wildman–Crippen LogP) is 4.67. The van der Waals surface area contributed by atoms with Gasteiger partial charge in [-0.15, -0.1) is 0 Å². The van der Waals surface area contributed by atoms with Gasteiger partial charge in [-0.3, -0.25) is 4.79 Å². The minimum atomic E-state index is -0.227. The average molecular weight is 435 g/mol. The van der Waals surface area contributed by atoms with E-state index in [1.807, 2.05) is 43.3 Å². The summed E-state index contributed by atoms with van der Waals surface area (Å²) in [5.74, 6) is 0.882. The highest BCUT2D eigenvalue weighted by Crippen LogP contribution is 2.36. The number of rotatable bonds is 9. The Balaban J connectivity index is 2.00. The summed E-state index contributed by atoms with van der Waals surface area (Å²) < 4.78 is 11.9. The van der Waals surface area contributed by atoms with Crippen molar-refractivity contribution in [3.8, 4) is 11.5 Å². The van der Waals surface area contributed by atoms with Crippen molar-refractivity contribution in [1.82, 2.24) is 5.32 Å². The van der Waals surface area contributed by atoms with Crippen LogP contribution in [0.2, 0.25) is 0 Å². The first-order chi connectivity index (χ1) is 12.9. The van der Waals surface area contributed by atoms with E-state index in [0.717, 1.165) is 34.3 Å². The maximum absolute atomic E-state index is 12.2. The summed E-state index contributed by atoms with van der Waals surface area (Å²) in [5, 5.41) is 6.26. The summed E-state index contributed by atoms with van der Waals surface area (Å²) in [6.45, 7) is 6.93. The van der Waals surface area contributed by atoms with E-state index < -0.39 is 0 Å². The van der Waals surface area contributed by atoms with E-state index in [4.69, 9.17) is 9.47 Å². The van der Waals surface area contributed by atoms with Crippen LogP contribution in [-0.2, 0) is 11.3 Å². The number of methoxy groups -OCH3 is 1. The van der Waals surface area contributed by atoms with E-state index in [0.29, 0.717) is 17.5 Å². The zero-order valence-corrected chi connectivity index (χ0v) is 17.9. The molecule has 0 aliphatic heterocycles. The maximum Gasteiger partial charge on any atom is 0.262 e. The lowest BCUT2D eigenvalue weighted by Crippen LogP contribution is -2.24. The molecule has 0 radical (unpaired) electrons. The molecule has 0 unspecified atom stereocenters. The Hall–Kier alpha value is -2.05. The SMILES string of the molecule is CC[C@H](C)NCc1cc(Br)c(OCC(=O)Nc2ccc(C)cc2)c(OC)c1. The maximum atomic E-state index is 12.2. The summed E-state index contributed by atoms with van der Waals surface area (Å²) in [4.78, 5) is 12.2. The Labute approximate surface area is 169 Å². The van der Waals surface area contributed by atoms with E-state index in [2.05, 4.69) is 40.4 Å². The van der Waals surface area contributed by atoms with Crippen LogP contribution in [0.4, 0.5) is 5.69 Å². The molecule has 146 valence electrons. The normalized spacial score (nSPS) is 11.7. The van der Waals surface area contributed by atoms with Crippen molar-refractivity contribution in [2.24, 2.45) is 0 Å². The molecule has 1 amide bonds. The van der Waals surface area contributed by atoms with Crippen LogP contribution in [0.1, 0.15) is 31.4 Å². The highest BCUT2D eigenvalue weighted by atomic mass is 79.9. The van der Waals surface area contributed by atoms with Crippen LogP contribution in [0.15, 0.2) is 40.9 Å². The van der Waals surface area contributed by atoms with Crippen LogP contribution in [0.5, 0.6) is 11.5 Å². The van der Waals surface area contributed by atoms with E-state index in [1.54, 1.807) is 7.11 Å². The number of hydrogen-bond acceptors (Lipinski definition) is 4. The molecule has 0 fully saturated rings. The van der Waals surface area contributed by atoms with E-state index in [-0.39, 0.29) is 12.5 Å². The Morgan fingerprint density at radius 1 is 1.22 bits per heavy atom. The summed E-state index contributed by atoms with van der Waals surface area (Å²) in [6.07, 6.45) is 1.07. The van der Waals surface area contributed by atoms with Crippen molar-refractivity contribution >= 4 is 27.5 Å². The summed E-state index contributed by atoms with van der Waals surface area (Å²) in [5.41, 5.74) is 2.96. The van der Waals surface area contributed by atoms with Gasteiger partial charge in [-0.25, -0.2) is 0 Å². The minimum absolute atomic E-state index is 0.104. The van der Waals surface area contributed by atoms with Crippen LogP contribution >= 0.6 is 15.9 Å². The second-order valence-electron chi connectivity index (χ2n) is 6.50. The van der Waals surface area contributed by atoms with Crippen molar-refractivity contribution in [1.29, 1.82) is 0 Å². The summed E-state index contributed by atoms with van der Waals surface area (Å²) in [6, 6.07) is 12.0. The number of amides is 1. The largest absolute Gasteiger partial charge is 0.493 e. The first kappa shape index (κ1) is 21.3. The zero-order chi connectivity index (χ0) is 19.8. The third kappa shape index (κ3) is 6.56. The van der Waals surface area contributed by atoms with Gasteiger partial charge in [0.1, 0.15) is 0 Å². The van der Waals surface area contributed by atoms with Crippen LogP contribution in [-0.4, -0.2) is 25.7 Å². The van der Waals surface area contributed by atoms with Gasteiger partial charge in [0.05, 0.1) is 11.6 Å². The molecule has 2 N–H and O–H groups in total. The van der Waals surface area contributed by atoms with E-state index in [1.165, 1.54) is 0 Å².